The Hall–Kier alpha value is -7.02. The quantitative estimate of drug-likeness (QED) is 0.134. The van der Waals surface area contributed by atoms with Crippen LogP contribution in [0.25, 0.3) is 100 Å². The molecule has 0 fully saturated rings. The molecule has 0 saturated carbocycles. The smallest absolute Gasteiger partial charge is 0.258 e. The first-order valence-electron chi connectivity index (χ1n) is 17.3. The summed E-state index contributed by atoms with van der Waals surface area (Å²) in [7, 11) is 0. The second kappa shape index (κ2) is 14.2. The minimum absolute atomic E-state index is 0.254. The molecule has 10 aromatic rings. The van der Waals surface area contributed by atoms with E-state index in [1.807, 2.05) is 112 Å². The molecule has 4 aromatic carbocycles. The number of rotatable bonds is 9. The highest BCUT2D eigenvalue weighted by atomic mass is 32.1. The molecule has 10 rings (SSSR count). The van der Waals surface area contributed by atoms with Crippen LogP contribution in [0, 0.1) is 20.8 Å². The lowest BCUT2D eigenvalue weighted by atomic mass is 10.0. The summed E-state index contributed by atoms with van der Waals surface area (Å²) < 4.78 is 30.5. The molecule has 0 saturated heterocycles. The van der Waals surface area contributed by atoms with Crippen molar-refractivity contribution in [3.8, 4) is 100 Å². The summed E-state index contributed by atoms with van der Waals surface area (Å²) in [5, 5.41) is 15.4. The third-order valence-corrected chi connectivity index (χ3v) is 11.2. The average molecular weight is 805 g/mol. The van der Waals surface area contributed by atoms with Crippen molar-refractivity contribution in [2.75, 3.05) is 0 Å². The van der Waals surface area contributed by atoms with Crippen molar-refractivity contribution in [1.82, 2.24) is 58.5 Å². The van der Waals surface area contributed by atoms with Crippen molar-refractivity contribution in [2.24, 2.45) is 0 Å². The van der Waals surface area contributed by atoms with E-state index in [0.29, 0.717) is 51.6 Å². The monoisotopic (exact) mass is 804 g/mol. The summed E-state index contributed by atoms with van der Waals surface area (Å²) in [6.07, 6.45) is 0. The molecule has 276 valence electrons. The van der Waals surface area contributed by atoms with Crippen LogP contribution in [0.4, 0.5) is 0 Å². The van der Waals surface area contributed by atoms with Crippen molar-refractivity contribution >= 4 is 34.6 Å². The van der Waals surface area contributed by atoms with E-state index < -0.39 is 0 Å². The first-order chi connectivity index (χ1) is 27.9. The van der Waals surface area contributed by atoms with E-state index >= 15 is 0 Å². The Bertz CT molecular complexity index is 2730. The van der Waals surface area contributed by atoms with Crippen LogP contribution < -0.4 is 0 Å². The molecular weight excluding hydrogens is 781 g/mol. The van der Waals surface area contributed by atoms with Gasteiger partial charge in [-0.05, 0) is 91.8 Å². The molecule has 0 aliphatic heterocycles. The minimum Gasteiger partial charge on any atom is -0.334 e. The van der Waals surface area contributed by atoms with Gasteiger partial charge in [0.25, 0.3) is 17.7 Å². The molecule has 18 heteroatoms. The van der Waals surface area contributed by atoms with Crippen LogP contribution in [0.1, 0.15) is 17.5 Å². The normalized spacial score (nSPS) is 11.4. The number of aryl methyl sites for hydroxylation is 3. The van der Waals surface area contributed by atoms with Crippen LogP contribution in [-0.4, -0.2) is 58.5 Å². The van der Waals surface area contributed by atoms with Gasteiger partial charge in [0.2, 0.25) is 17.5 Å². The lowest BCUT2D eigenvalue weighted by Crippen LogP contribution is -1.88. The summed E-state index contributed by atoms with van der Waals surface area (Å²) in [5.41, 5.74) is 6.69. The average Bonchev–Trinajstić information content (AvgIpc) is 4.10. The maximum atomic E-state index is 5.86. The molecule has 0 amide bonds. The van der Waals surface area contributed by atoms with Crippen molar-refractivity contribution in [1.29, 1.82) is 0 Å². The van der Waals surface area contributed by atoms with Crippen LogP contribution in [0.2, 0.25) is 0 Å². The van der Waals surface area contributed by atoms with E-state index in [4.69, 9.17) is 28.5 Å². The van der Waals surface area contributed by atoms with Crippen molar-refractivity contribution in [3.05, 3.63) is 108 Å². The Kier molecular flexibility index (Phi) is 8.61. The van der Waals surface area contributed by atoms with Crippen LogP contribution in [-0.2, 0) is 0 Å². The molecule has 0 radical (unpaired) electrons. The van der Waals surface area contributed by atoms with Gasteiger partial charge in [0.15, 0.2) is 0 Å². The Morgan fingerprint density at radius 2 is 0.632 bits per heavy atom. The molecule has 0 bridgehead atoms. The number of aromatic nitrogens is 12. The van der Waals surface area contributed by atoms with E-state index in [1.54, 1.807) is 0 Å². The number of hydrogen-bond acceptors (Lipinski definition) is 18. The van der Waals surface area contributed by atoms with Gasteiger partial charge < -0.3 is 13.6 Å². The summed E-state index contributed by atoms with van der Waals surface area (Å²) in [6.45, 7) is 5.59. The molecule has 0 aliphatic rings. The molecule has 57 heavy (non-hydrogen) atoms. The predicted molar refractivity (Wildman–Crippen MR) is 214 cm³/mol. The lowest BCUT2D eigenvalue weighted by molar-refractivity contribution is 0.429. The number of hydrogen-bond donors (Lipinski definition) is 0. The highest BCUT2D eigenvalue weighted by Gasteiger charge is 2.21. The van der Waals surface area contributed by atoms with E-state index in [1.165, 1.54) is 34.6 Å². The van der Waals surface area contributed by atoms with Gasteiger partial charge in [0.1, 0.15) is 32.5 Å². The van der Waals surface area contributed by atoms with E-state index in [0.717, 1.165) is 48.4 Å². The van der Waals surface area contributed by atoms with Gasteiger partial charge in [-0.1, -0.05) is 70.1 Å². The third kappa shape index (κ3) is 6.92. The van der Waals surface area contributed by atoms with E-state index in [-0.39, 0.29) is 17.7 Å². The highest BCUT2D eigenvalue weighted by Crippen LogP contribution is 2.35. The zero-order valence-corrected chi connectivity index (χ0v) is 32.4. The van der Waals surface area contributed by atoms with Crippen molar-refractivity contribution in [2.45, 2.75) is 20.8 Å². The van der Waals surface area contributed by atoms with Gasteiger partial charge in [-0.3, -0.25) is 0 Å². The van der Waals surface area contributed by atoms with Gasteiger partial charge in [-0.15, -0.1) is 0 Å². The fourth-order valence-corrected chi connectivity index (χ4v) is 7.98. The Balaban J connectivity index is 1.03. The van der Waals surface area contributed by atoms with Crippen LogP contribution in [0.3, 0.4) is 0 Å². The fraction of sp³-hybridized carbons (Fsp3) is 0.0769. The largest absolute Gasteiger partial charge is 0.334 e. The van der Waals surface area contributed by atoms with Gasteiger partial charge in [0, 0.05) is 50.1 Å². The summed E-state index contributed by atoms with van der Waals surface area (Å²) in [4.78, 5) is 27.9. The van der Waals surface area contributed by atoms with Gasteiger partial charge in [-0.2, -0.15) is 28.1 Å². The van der Waals surface area contributed by atoms with E-state index in [2.05, 4.69) is 43.5 Å². The molecule has 0 N–H and O–H groups in total. The second-order valence-corrected chi connectivity index (χ2v) is 15.0. The molecule has 0 unspecified atom stereocenters. The molecule has 6 heterocycles. The topological polar surface area (TPSA) is 194 Å². The zero-order valence-electron chi connectivity index (χ0n) is 30.0. The van der Waals surface area contributed by atoms with Crippen LogP contribution in [0.15, 0.2) is 105 Å². The molecule has 15 nitrogen and oxygen atoms in total. The van der Waals surface area contributed by atoms with Gasteiger partial charge >= 0.3 is 0 Å². The zero-order chi connectivity index (χ0) is 38.5. The lowest BCUT2D eigenvalue weighted by Gasteiger charge is -2.03. The highest BCUT2D eigenvalue weighted by molar-refractivity contribution is 7.09. The standard InChI is InChI=1S/C39H24N12O3S3/c1-19-40-37(55-49-19)25-10-4-7-22(13-25)31-43-34(52-46-31)28-16-29(35-44-32(47-53-35)23-8-5-11-26(14-23)38-41-20(2)50-56-38)18-30(17-28)36-45-33(48-54-36)24-9-6-12-27(15-24)39-42-21(3)51-57-39/h4-18H,1-3H3. The number of benzene rings is 4. The predicted octanol–water partition coefficient (Wildman–Crippen LogP) is 9.32. The minimum atomic E-state index is 0.254. The molecule has 6 aromatic heterocycles. The molecule has 0 spiro atoms. The van der Waals surface area contributed by atoms with E-state index in [9.17, 15) is 0 Å². The van der Waals surface area contributed by atoms with Gasteiger partial charge in [-0.25, -0.2) is 15.0 Å². The molecule has 0 aliphatic carbocycles. The SMILES string of the molecule is Cc1nsc(-c2cccc(-c3noc(-c4cc(-c5nc(-c6cccc(-c7nc(C)ns7)c6)no5)cc(-c5nc(-c6cccc(-c7nc(C)ns7)c6)no5)c4)n3)c2)n1. The maximum Gasteiger partial charge on any atom is 0.258 e. The third-order valence-electron chi connectivity index (χ3n) is 8.64. The maximum absolute atomic E-state index is 5.86. The summed E-state index contributed by atoms with van der Waals surface area (Å²) in [6, 6.07) is 28.8. The Labute approximate surface area is 334 Å². The Morgan fingerprint density at radius 3 is 0.912 bits per heavy atom. The fourth-order valence-electron chi connectivity index (χ4n) is 5.99. The van der Waals surface area contributed by atoms with Crippen LogP contribution in [0.5, 0.6) is 0 Å². The second-order valence-electron chi connectivity index (χ2n) is 12.8. The summed E-state index contributed by atoms with van der Waals surface area (Å²) in [5.74, 6) is 4.11. The van der Waals surface area contributed by atoms with Crippen LogP contribution >= 0.6 is 34.6 Å². The van der Waals surface area contributed by atoms with Gasteiger partial charge in [0.05, 0.1) is 0 Å². The Morgan fingerprint density at radius 1 is 0.351 bits per heavy atom. The van der Waals surface area contributed by atoms with Crippen molar-refractivity contribution < 1.29 is 13.6 Å². The molecular formula is C39H24N12O3S3. The van der Waals surface area contributed by atoms with Crippen molar-refractivity contribution in [3.63, 3.8) is 0 Å². The summed E-state index contributed by atoms with van der Waals surface area (Å²) >= 11 is 4.00. The number of nitrogens with zero attached hydrogens (tertiary/aromatic N) is 12. The molecule has 0 atom stereocenters. The first kappa shape index (κ1) is 34.5. The first-order valence-corrected chi connectivity index (χ1v) is 19.6.